The van der Waals surface area contributed by atoms with Gasteiger partial charge in [-0.25, -0.2) is 9.78 Å². The normalized spacial score (nSPS) is 12.5. The molecule has 182 valence electrons. The van der Waals surface area contributed by atoms with E-state index in [1.807, 2.05) is 42.5 Å². The number of thiazole rings is 1. The molecule has 1 atom stereocenters. The molecule has 0 spiro atoms. The van der Waals surface area contributed by atoms with E-state index in [9.17, 15) is 18.0 Å². The second-order valence-corrected chi connectivity index (χ2v) is 9.68. The number of ether oxygens (including phenoxy) is 2. The highest BCUT2D eigenvalue weighted by Crippen LogP contribution is 2.36. The molecule has 4 rings (SSSR count). The van der Waals surface area contributed by atoms with E-state index in [2.05, 4.69) is 4.98 Å². The molecule has 0 aliphatic rings. The van der Waals surface area contributed by atoms with Gasteiger partial charge in [0.1, 0.15) is 10.8 Å². The van der Waals surface area contributed by atoms with Gasteiger partial charge in [-0.3, -0.25) is 0 Å². The lowest BCUT2D eigenvalue weighted by molar-refractivity contribution is -0.150. The maximum atomic E-state index is 12.9. The Bertz CT molecular complexity index is 1300. The smallest absolute Gasteiger partial charge is 0.416 e. The lowest BCUT2D eigenvalue weighted by Gasteiger charge is -2.13. The van der Waals surface area contributed by atoms with Gasteiger partial charge in [0, 0.05) is 16.2 Å². The summed E-state index contributed by atoms with van der Waals surface area (Å²) in [6.07, 6.45) is -5.05. The van der Waals surface area contributed by atoms with Crippen molar-refractivity contribution in [1.82, 2.24) is 4.98 Å². The first-order chi connectivity index (χ1) is 16.7. The number of nitrogens with zero attached hydrogens (tertiary/aromatic N) is 1. The van der Waals surface area contributed by atoms with Crippen molar-refractivity contribution in [2.24, 2.45) is 0 Å². The summed E-state index contributed by atoms with van der Waals surface area (Å²) in [6.45, 7) is 3.70. The van der Waals surface area contributed by atoms with Gasteiger partial charge in [-0.05, 0) is 61.9 Å². The zero-order chi connectivity index (χ0) is 25.0. The Morgan fingerprint density at radius 3 is 2.43 bits per heavy atom. The third-order valence-electron chi connectivity index (χ3n) is 5.11. The van der Waals surface area contributed by atoms with Gasteiger partial charge in [0.25, 0.3) is 0 Å². The topological polar surface area (TPSA) is 48.4 Å². The van der Waals surface area contributed by atoms with Gasteiger partial charge in [-0.2, -0.15) is 13.2 Å². The molecule has 0 radical (unpaired) electrons. The monoisotopic (exact) mass is 517 g/mol. The average Bonchev–Trinajstić information content (AvgIpc) is 3.28. The number of thioether (sulfide) groups is 1. The van der Waals surface area contributed by atoms with Crippen molar-refractivity contribution in [3.05, 3.63) is 77.9 Å². The molecule has 0 aliphatic heterocycles. The number of aromatic nitrogens is 1. The van der Waals surface area contributed by atoms with Crippen LogP contribution in [0.4, 0.5) is 13.2 Å². The summed E-state index contributed by atoms with van der Waals surface area (Å²) in [5.74, 6) is 0.880. The lowest BCUT2D eigenvalue weighted by Crippen LogP contribution is -2.25. The van der Waals surface area contributed by atoms with E-state index >= 15 is 0 Å². The molecule has 0 bridgehead atoms. The minimum atomic E-state index is -4.36. The van der Waals surface area contributed by atoms with Crippen molar-refractivity contribution in [1.29, 1.82) is 0 Å². The van der Waals surface area contributed by atoms with Gasteiger partial charge in [-0.15, -0.1) is 23.1 Å². The number of fused-ring (bicyclic) bond motifs is 1. The van der Waals surface area contributed by atoms with Crippen molar-refractivity contribution in [2.45, 2.75) is 36.8 Å². The van der Waals surface area contributed by atoms with Crippen molar-refractivity contribution in [2.75, 3.05) is 6.61 Å². The number of esters is 1. The summed E-state index contributed by atoms with van der Waals surface area (Å²) in [5, 5.41) is 0.684. The van der Waals surface area contributed by atoms with Crippen LogP contribution in [0.15, 0.2) is 71.6 Å². The molecular formula is C26H22F3NO3S2. The maximum absolute atomic E-state index is 12.9. The second-order valence-electron chi connectivity index (χ2n) is 7.63. The Morgan fingerprint density at radius 1 is 1.06 bits per heavy atom. The van der Waals surface area contributed by atoms with Crippen LogP contribution in [0.25, 0.3) is 20.8 Å². The molecule has 0 saturated heterocycles. The number of rotatable bonds is 8. The Balaban J connectivity index is 1.44. The Labute approximate surface area is 209 Å². The van der Waals surface area contributed by atoms with Gasteiger partial charge >= 0.3 is 12.1 Å². The predicted octanol–water partition coefficient (Wildman–Crippen LogP) is 7.60. The second kappa shape index (κ2) is 10.7. The fourth-order valence-electron chi connectivity index (χ4n) is 3.33. The first kappa shape index (κ1) is 25.1. The van der Waals surface area contributed by atoms with E-state index in [0.29, 0.717) is 28.7 Å². The molecule has 35 heavy (non-hydrogen) atoms. The summed E-state index contributed by atoms with van der Waals surface area (Å²) in [5.41, 5.74) is 1.90. The molecule has 4 nitrogen and oxygen atoms in total. The van der Waals surface area contributed by atoms with Crippen LogP contribution in [0.1, 0.15) is 25.0 Å². The lowest BCUT2D eigenvalue weighted by atomic mass is 10.1. The zero-order valence-corrected chi connectivity index (χ0v) is 20.6. The van der Waals surface area contributed by atoms with Crippen molar-refractivity contribution in [3.63, 3.8) is 0 Å². The van der Waals surface area contributed by atoms with Crippen LogP contribution in [0.3, 0.4) is 0 Å². The predicted molar refractivity (Wildman–Crippen MR) is 133 cm³/mol. The third kappa shape index (κ3) is 6.15. The van der Waals surface area contributed by atoms with E-state index < -0.39 is 23.8 Å². The number of alkyl halides is 3. The van der Waals surface area contributed by atoms with Crippen LogP contribution >= 0.6 is 23.1 Å². The molecule has 0 N–H and O–H groups in total. The average molecular weight is 518 g/mol. The Morgan fingerprint density at radius 2 is 1.77 bits per heavy atom. The van der Waals surface area contributed by atoms with Crippen LogP contribution in [-0.2, 0) is 21.5 Å². The Hall–Kier alpha value is -3.04. The fourth-order valence-corrected chi connectivity index (χ4v) is 5.40. The standard InChI is InChI=1S/C26H22F3NO3S2/c1-3-32-25(31)16(2)33-20-11-13-21(14-12-20)34-15-18-5-4-6-22-23(18)35-24(30-22)17-7-9-19(10-8-17)26(27,28)29/h4-14,16H,3,15H2,1-2H3. The molecule has 0 aliphatic carbocycles. The summed E-state index contributed by atoms with van der Waals surface area (Å²) in [7, 11) is 0. The van der Waals surface area contributed by atoms with Gasteiger partial charge in [0.2, 0.25) is 0 Å². The molecule has 1 aromatic heterocycles. The van der Waals surface area contributed by atoms with E-state index in [1.54, 1.807) is 25.6 Å². The van der Waals surface area contributed by atoms with E-state index in [4.69, 9.17) is 9.47 Å². The van der Waals surface area contributed by atoms with Crippen LogP contribution in [0.2, 0.25) is 0 Å². The molecule has 1 heterocycles. The zero-order valence-electron chi connectivity index (χ0n) is 19.0. The van der Waals surface area contributed by atoms with Gasteiger partial charge < -0.3 is 9.47 Å². The number of carbonyl (C=O) groups excluding carboxylic acids is 1. The SMILES string of the molecule is CCOC(=O)C(C)Oc1ccc(SCc2cccc3nc(-c4ccc(C(F)(F)F)cc4)sc23)cc1. The van der Waals surface area contributed by atoms with Crippen LogP contribution in [0, 0.1) is 0 Å². The fraction of sp³-hybridized carbons (Fsp3) is 0.231. The van der Waals surface area contributed by atoms with Crippen molar-refractivity contribution in [3.8, 4) is 16.3 Å². The third-order valence-corrected chi connectivity index (χ3v) is 7.36. The molecule has 0 fully saturated rings. The minimum absolute atomic E-state index is 0.306. The van der Waals surface area contributed by atoms with Crippen molar-refractivity contribution >= 4 is 39.3 Å². The van der Waals surface area contributed by atoms with Gasteiger partial charge in [0.15, 0.2) is 6.10 Å². The number of halogens is 3. The van der Waals surface area contributed by atoms with Gasteiger partial charge in [0.05, 0.1) is 22.4 Å². The highest BCUT2D eigenvalue weighted by molar-refractivity contribution is 7.98. The van der Waals surface area contributed by atoms with Crippen LogP contribution in [-0.4, -0.2) is 23.7 Å². The molecule has 9 heteroatoms. The van der Waals surface area contributed by atoms with Gasteiger partial charge in [-0.1, -0.05) is 24.3 Å². The summed E-state index contributed by atoms with van der Waals surface area (Å²) < 4.78 is 50.2. The quantitative estimate of drug-likeness (QED) is 0.178. The first-order valence-electron chi connectivity index (χ1n) is 10.9. The molecule has 3 aromatic carbocycles. The minimum Gasteiger partial charge on any atom is -0.479 e. The highest BCUT2D eigenvalue weighted by Gasteiger charge is 2.30. The van der Waals surface area contributed by atoms with Crippen molar-refractivity contribution < 1.29 is 27.4 Å². The molecule has 4 aromatic rings. The first-order valence-corrected chi connectivity index (χ1v) is 12.7. The molecule has 1 unspecified atom stereocenters. The summed E-state index contributed by atoms with van der Waals surface area (Å²) >= 11 is 3.12. The molecular weight excluding hydrogens is 495 g/mol. The van der Waals surface area contributed by atoms with E-state index in [-0.39, 0.29) is 0 Å². The van der Waals surface area contributed by atoms with Crippen LogP contribution < -0.4 is 4.74 Å². The highest BCUT2D eigenvalue weighted by atomic mass is 32.2. The van der Waals surface area contributed by atoms with E-state index in [0.717, 1.165) is 32.8 Å². The largest absolute Gasteiger partial charge is 0.479 e. The summed E-state index contributed by atoms with van der Waals surface area (Å²) in [4.78, 5) is 17.4. The molecule has 0 amide bonds. The summed E-state index contributed by atoms with van der Waals surface area (Å²) in [6, 6.07) is 18.4. The number of benzene rings is 3. The number of carbonyl (C=O) groups is 1. The van der Waals surface area contributed by atoms with Crippen LogP contribution in [0.5, 0.6) is 5.75 Å². The maximum Gasteiger partial charge on any atom is 0.416 e. The number of hydrogen-bond donors (Lipinski definition) is 0. The Kier molecular flexibility index (Phi) is 7.66. The van der Waals surface area contributed by atoms with E-state index in [1.165, 1.54) is 23.5 Å². The molecule has 0 saturated carbocycles. The number of hydrogen-bond acceptors (Lipinski definition) is 6.